The predicted molar refractivity (Wildman–Crippen MR) is 91.6 cm³/mol. The zero-order chi connectivity index (χ0) is 16.2. The number of amides is 1. The topological polar surface area (TPSA) is 62.7 Å². The van der Waals surface area contributed by atoms with Crippen LogP contribution in [0.4, 0.5) is 0 Å². The first-order valence-corrected chi connectivity index (χ1v) is 7.99. The molecular weight excluding hydrogens is 312 g/mol. The molecule has 2 heterocycles. The zero-order valence-corrected chi connectivity index (χ0v) is 13.7. The second-order valence-electron chi connectivity index (χ2n) is 5.63. The number of nitrogens with one attached hydrogen (secondary N) is 2. The molecule has 23 heavy (non-hydrogen) atoms. The number of rotatable bonds is 6. The Hall–Kier alpha value is -2.27. The van der Waals surface area contributed by atoms with Gasteiger partial charge in [0.15, 0.2) is 0 Å². The molecule has 0 aliphatic heterocycles. The Balaban J connectivity index is 1.48. The molecule has 2 N–H and O–H groups in total. The third-order valence-electron chi connectivity index (χ3n) is 3.85. The van der Waals surface area contributed by atoms with Crippen molar-refractivity contribution in [3.05, 3.63) is 52.9 Å². The molecule has 5 nitrogen and oxygen atoms in total. The minimum Gasteiger partial charge on any atom is -0.361 e. The Kier molecular flexibility index (Phi) is 4.67. The fraction of sp³-hybridized carbons (Fsp3) is 0.294. The third-order valence-corrected chi connectivity index (χ3v) is 4.08. The van der Waals surface area contributed by atoms with Crippen LogP contribution in [0.1, 0.15) is 17.5 Å². The smallest absolute Gasteiger partial charge is 0.220 e. The average molecular weight is 331 g/mol. The number of aromatic amines is 1. The number of aryl methyl sites for hydroxylation is 2. The highest BCUT2D eigenvalue weighted by atomic mass is 35.5. The van der Waals surface area contributed by atoms with Crippen molar-refractivity contribution in [2.75, 3.05) is 6.54 Å². The molecule has 0 aliphatic rings. The Morgan fingerprint density at radius 1 is 1.39 bits per heavy atom. The summed E-state index contributed by atoms with van der Waals surface area (Å²) in [6.07, 6.45) is 7.67. The molecule has 3 rings (SSSR count). The first-order valence-electron chi connectivity index (χ1n) is 7.61. The molecule has 0 atom stereocenters. The van der Waals surface area contributed by atoms with Crippen LogP contribution < -0.4 is 5.32 Å². The monoisotopic (exact) mass is 330 g/mol. The summed E-state index contributed by atoms with van der Waals surface area (Å²) in [6.45, 7) is 0.616. The fourth-order valence-electron chi connectivity index (χ4n) is 2.64. The van der Waals surface area contributed by atoms with E-state index in [0.717, 1.165) is 33.5 Å². The maximum atomic E-state index is 11.9. The number of hydrogen-bond acceptors (Lipinski definition) is 2. The highest BCUT2D eigenvalue weighted by Gasteiger charge is 2.06. The van der Waals surface area contributed by atoms with Crippen LogP contribution in [0.15, 0.2) is 36.8 Å². The van der Waals surface area contributed by atoms with E-state index in [1.807, 2.05) is 37.6 Å². The highest BCUT2D eigenvalue weighted by molar-refractivity contribution is 6.31. The molecule has 0 bridgehead atoms. The van der Waals surface area contributed by atoms with Gasteiger partial charge in [0.2, 0.25) is 5.91 Å². The second kappa shape index (κ2) is 6.87. The summed E-state index contributed by atoms with van der Waals surface area (Å²) in [5, 5.41) is 8.90. The second-order valence-corrected chi connectivity index (χ2v) is 6.06. The van der Waals surface area contributed by atoms with Gasteiger partial charge in [0.1, 0.15) is 0 Å². The van der Waals surface area contributed by atoms with Crippen molar-refractivity contribution in [3.63, 3.8) is 0 Å². The van der Waals surface area contributed by atoms with E-state index in [0.29, 0.717) is 19.4 Å². The van der Waals surface area contributed by atoms with E-state index >= 15 is 0 Å². The Bertz CT molecular complexity index is 821. The summed E-state index contributed by atoms with van der Waals surface area (Å²) < 4.78 is 1.75. The van der Waals surface area contributed by atoms with Gasteiger partial charge >= 0.3 is 0 Å². The highest BCUT2D eigenvalue weighted by Crippen LogP contribution is 2.22. The normalized spacial score (nSPS) is 11.0. The van der Waals surface area contributed by atoms with Crippen LogP contribution >= 0.6 is 11.6 Å². The molecular formula is C17H19ClN4O. The molecule has 120 valence electrons. The van der Waals surface area contributed by atoms with E-state index in [2.05, 4.69) is 15.4 Å². The van der Waals surface area contributed by atoms with Gasteiger partial charge in [-0.1, -0.05) is 11.6 Å². The van der Waals surface area contributed by atoms with Gasteiger partial charge in [-0.2, -0.15) is 5.10 Å². The number of aromatic nitrogens is 3. The molecule has 0 radical (unpaired) electrons. The minimum atomic E-state index is 0.0618. The van der Waals surface area contributed by atoms with Gasteiger partial charge in [-0.25, -0.2) is 0 Å². The van der Waals surface area contributed by atoms with Gasteiger partial charge in [0.25, 0.3) is 0 Å². The van der Waals surface area contributed by atoms with Crippen LogP contribution in [0.2, 0.25) is 5.02 Å². The first kappa shape index (κ1) is 15.6. The summed E-state index contributed by atoms with van der Waals surface area (Å²) in [5.74, 6) is 0.0618. The van der Waals surface area contributed by atoms with Crippen molar-refractivity contribution >= 4 is 28.4 Å². The van der Waals surface area contributed by atoms with E-state index in [4.69, 9.17) is 11.6 Å². The molecule has 1 amide bonds. The third kappa shape index (κ3) is 3.93. The molecule has 3 aromatic rings. The molecule has 0 spiro atoms. The maximum Gasteiger partial charge on any atom is 0.220 e. The summed E-state index contributed by atoms with van der Waals surface area (Å²) in [4.78, 5) is 15.1. The minimum absolute atomic E-state index is 0.0618. The van der Waals surface area contributed by atoms with Crippen LogP contribution in [0.3, 0.4) is 0 Å². The van der Waals surface area contributed by atoms with Gasteiger partial charge in [0.05, 0.1) is 6.20 Å². The van der Waals surface area contributed by atoms with Crippen molar-refractivity contribution in [3.8, 4) is 0 Å². The number of benzene rings is 1. The number of halogens is 1. The molecule has 2 aromatic heterocycles. The van der Waals surface area contributed by atoms with E-state index in [1.54, 1.807) is 10.9 Å². The molecule has 0 saturated heterocycles. The van der Waals surface area contributed by atoms with E-state index in [1.165, 1.54) is 0 Å². The van der Waals surface area contributed by atoms with Crippen molar-refractivity contribution in [2.24, 2.45) is 7.05 Å². The molecule has 0 fully saturated rings. The number of fused-ring (bicyclic) bond motifs is 1. The largest absolute Gasteiger partial charge is 0.361 e. The number of H-pyrrole nitrogens is 1. The molecule has 0 unspecified atom stereocenters. The standard InChI is InChI=1S/C17H19ClN4O/c1-22-11-12(9-21-22)2-5-17(23)19-7-6-13-10-20-16-4-3-14(18)8-15(13)16/h3-4,8-11,20H,2,5-7H2,1H3,(H,19,23). The lowest BCUT2D eigenvalue weighted by Crippen LogP contribution is -2.25. The Morgan fingerprint density at radius 3 is 3.04 bits per heavy atom. The average Bonchev–Trinajstić information content (AvgIpc) is 3.12. The predicted octanol–water partition coefficient (Wildman–Crippen LogP) is 2.85. The maximum absolute atomic E-state index is 11.9. The quantitative estimate of drug-likeness (QED) is 0.730. The van der Waals surface area contributed by atoms with Gasteiger partial charge in [-0.3, -0.25) is 9.48 Å². The number of carbonyl (C=O) groups excluding carboxylic acids is 1. The van der Waals surface area contributed by atoms with E-state index in [-0.39, 0.29) is 5.91 Å². The van der Waals surface area contributed by atoms with Gasteiger partial charge in [0, 0.05) is 48.3 Å². The Labute approximate surface area is 139 Å². The van der Waals surface area contributed by atoms with Gasteiger partial charge in [-0.15, -0.1) is 0 Å². The zero-order valence-electron chi connectivity index (χ0n) is 13.0. The molecule has 0 aliphatic carbocycles. The van der Waals surface area contributed by atoms with Gasteiger partial charge < -0.3 is 10.3 Å². The number of hydrogen-bond donors (Lipinski definition) is 2. The molecule has 1 aromatic carbocycles. The van der Waals surface area contributed by atoms with Crippen LogP contribution in [0.5, 0.6) is 0 Å². The first-order chi connectivity index (χ1) is 11.1. The van der Waals surface area contributed by atoms with Gasteiger partial charge in [-0.05, 0) is 42.2 Å². The van der Waals surface area contributed by atoms with E-state index < -0.39 is 0 Å². The van der Waals surface area contributed by atoms with Crippen molar-refractivity contribution in [1.82, 2.24) is 20.1 Å². The lowest BCUT2D eigenvalue weighted by molar-refractivity contribution is -0.121. The number of carbonyl (C=O) groups is 1. The van der Waals surface area contributed by atoms with E-state index in [9.17, 15) is 4.79 Å². The number of nitrogens with zero attached hydrogens (tertiary/aromatic N) is 2. The SMILES string of the molecule is Cn1cc(CCC(=O)NCCc2c[nH]c3ccc(Cl)cc23)cn1. The fourth-order valence-corrected chi connectivity index (χ4v) is 2.81. The summed E-state index contributed by atoms with van der Waals surface area (Å²) in [6, 6.07) is 5.78. The molecule has 6 heteroatoms. The van der Waals surface area contributed by atoms with Crippen molar-refractivity contribution < 1.29 is 4.79 Å². The van der Waals surface area contributed by atoms with Crippen molar-refractivity contribution in [2.45, 2.75) is 19.3 Å². The molecule has 0 saturated carbocycles. The summed E-state index contributed by atoms with van der Waals surface area (Å²) in [5.41, 5.74) is 3.30. The van der Waals surface area contributed by atoms with Crippen LogP contribution in [-0.2, 0) is 24.7 Å². The Morgan fingerprint density at radius 2 is 2.26 bits per heavy atom. The summed E-state index contributed by atoms with van der Waals surface area (Å²) in [7, 11) is 1.87. The van der Waals surface area contributed by atoms with Crippen LogP contribution in [-0.4, -0.2) is 27.2 Å². The van der Waals surface area contributed by atoms with Crippen molar-refractivity contribution in [1.29, 1.82) is 0 Å². The van der Waals surface area contributed by atoms with Crippen LogP contribution in [0, 0.1) is 0 Å². The summed E-state index contributed by atoms with van der Waals surface area (Å²) >= 11 is 6.04. The lowest BCUT2D eigenvalue weighted by atomic mass is 10.1. The van der Waals surface area contributed by atoms with Crippen LogP contribution in [0.25, 0.3) is 10.9 Å². The lowest BCUT2D eigenvalue weighted by Gasteiger charge is -2.04.